The van der Waals surface area contributed by atoms with Gasteiger partial charge in [0.25, 0.3) is 0 Å². The monoisotopic (exact) mass is 371 g/mol. The van der Waals surface area contributed by atoms with Crippen LogP contribution in [0.5, 0.6) is 0 Å². The maximum absolute atomic E-state index is 12.3. The van der Waals surface area contributed by atoms with Crippen LogP contribution >= 0.6 is 0 Å². The van der Waals surface area contributed by atoms with Crippen LogP contribution in [0.1, 0.15) is 26.4 Å². The molecule has 4 aromatic rings. The second kappa shape index (κ2) is 7.36. The van der Waals surface area contributed by atoms with E-state index >= 15 is 0 Å². The van der Waals surface area contributed by atoms with Gasteiger partial charge < -0.3 is 10.5 Å². The summed E-state index contributed by atoms with van der Waals surface area (Å²) in [5.74, 6) is -1.05. The van der Waals surface area contributed by atoms with Gasteiger partial charge >= 0.3 is 5.97 Å². The number of benzene rings is 3. The van der Waals surface area contributed by atoms with Gasteiger partial charge in [-0.25, -0.2) is 4.79 Å². The fraction of sp³-hybridized carbons (Fsp3) is 0.0455. The Balaban J connectivity index is 1.48. The zero-order valence-electron chi connectivity index (χ0n) is 14.9. The molecule has 0 radical (unpaired) electrons. The smallest absolute Gasteiger partial charge is 0.356 e. The Morgan fingerprint density at radius 3 is 2.57 bits per heavy atom. The van der Waals surface area contributed by atoms with E-state index in [2.05, 4.69) is 10.2 Å². The molecule has 6 nitrogen and oxygen atoms in total. The number of amides is 1. The van der Waals surface area contributed by atoms with Crippen LogP contribution in [0.15, 0.2) is 72.8 Å². The molecule has 3 N–H and O–H groups in total. The SMILES string of the molecule is NC(=O)c1cccc(COC(=O)c2cc(-c3ccc4ccccc4c3)n[nH]2)c1. The fourth-order valence-electron chi connectivity index (χ4n) is 2.96. The van der Waals surface area contributed by atoms with Crippen LogP contribution in [0.2, 0.25) is 0 Å². The van der Waals surface area contributed by atoms with E-state index < -0.39 is 11.9 Å². The van der Waals surface area contributed by atoms with Crippen molar-refractivity contribution in [2.75, 3.05) is 0 Å². The molecule has 4 rings (SSSR count). The van der Waals surface area contributed by atoms with Gasteiger partial charge in [0, 0.05) is 11.1 Å². The number of hydrogen-bond donors (Lipinski definition) is 2. The number of H-pyrrole nitrogens is 1. The van der Waals surface area contributed by atoms with Crippen molar-refractivity contribution in [3.63, 3.8) is 0 Å². The minimum atomic E-state index is -0.526. The Bertz CT molecular complexity index is 1180. The first-order valence-corrected chi connectivity index (χ1v) is 8.70. The molecule has 0 bridgehead atoms. The molecule has 0 aliphatic carbocycles. The maximum Gasteiger partial charge on any atom is 0.356 e. The molecule has 0 saturated carbocycles. The van der Waals surface area contributed by atoms with E-state index in [4.69, 9.17) is 10.5 Å². The van der Waals surface area contributed by atoms with Gasteiger partial charge in [-0.2, -0.15) is 5.10 Å². The number of nitrogens with one attached hydrogen (secondary N) is 1. The van der Waals surface area contributed by atoms with Crippen molar-refractivity contribution < 1.29 is 14.3 Å². The summed E-state index contributed by atoms with van der Waals surface area (Å²) < 4.78 is 5.31. The number of ether oxygens (including phenoxy) is 1. The minimum absolute atomic E-state index is 0.0320. The van der Waals surface area contributed by atoms with Crippen molar-refractivity contribution in [1.82, 2.24) is 10.2 Å². The molecule has 0 unspecified atom stereocenters. The standard InChI is InChI=1S/C22H17N3O3/c23-21(26)18-7-3-4-14(10-18)13-28-22(27)20-12-19(24-25-20)17-9-8-15-5-1-2-6-16(15)11-17/h1-12H,13H2,(H2,23,26)(H,24,25). The molecule has 0 aliphatic rings. The number of nitrogens with two attached hydrogens (primary N) is 1. The molecule has 1 heterocycles. The van der Waals surface area contributed by atoms with Crippen LogP contribution in [-0.2, 0) is 11.3 Å². The van der Waals surface area contributed by atoms with Crippen molar-refractivity contribution in [2.45, 2.75) is 6.61 Å². The molecule has 0 aliphatic heterocycles. The van der Waals surface area contributed by atoms with Gasteiger partial charge in [0.2, 0.25) is 5.91 Å². The van der Waals surface area contributed by atoms with Crippen molar-refractivity contribution in [3.05, 3.63) is 89.6 Å². The fourth-order valence-corrected chi connectivity index (χ4v) is 2.96. The highest BCUT2D eigenvalue weighted by Crippen LogP contribution is 2.23. The molecule has 0 spiro atoms. The summed E-state index contributed by atoms with van der Waals surface area (Å²) in [6.07, 6.45) is 0. The summed E-state index contributed by atoms with van der Waals surface area (Å²) in [5.41, 5.74) is 8.14. The average molecular weight is 371 g/mol. The van der Waals surface area contributed by atoms with E-state index in [0.29, 0.717) is 16.8 Å². The molecule has 28 heavy (non-hydrogen) atoms. The van der Waals surface area contributed by atoms with Gasteiger partial charge in [-0.1, -0.05) is 48.5 Å². The Morgan fingerprint density at radius 2 is 1.75 bits per heavy atom. The van der Waals surface area contributed by atoms with Gasteiger partial charge in [0.1, 0.15) is 12.3 Å². The Labute approximate surface area is 160 Å². The van der Waals surface area contributed by atoms with E-state index in [1.54, 1.807) is 30.3 Å². The van der Waals surface area contributed by atoms with Crippen molar-refractivity contribution in [1.29, 1.82) is 0 Å². The Kier molecular flexibility index (Phi) is 4.60. The first kappa shape index (κ1) is 17.5. The summed E-state index contributed by atoms with van der Waals surface area (Å²) in [6, 6.07) is 22.4. The topological polar surface area (TPSA) is 98.1 Å². The first-order valence-electron chi connectivity index (χ1n) is 8.70. The summed E-state index contributed by atoms with van der Waals surface area (Å²) in [6.45, 7) is 0.0320. The highest BCUT2D eigenvalue weighted by Gasteiger charge is 2.13. The third kappa shape index (κ3) is 3.61. The molecule has 0 atom stereocenters. The lowest BCUT2D eigenvalue weighted by Gasteiger charge is -2.04. The van der Waals surface area contributed by atoms with Crippen molar-refractivity contribution >= 4 is 22.6 Å². The second-order valence-electron chi connectivity index (χ2n) is 6.37. The summed E-state index contributed by atoms with van der Waals surface area (Å²) in [4.78, 5) is 23.5. The summed E-state index contributed by atoms with van der Waals surface area (Å²) in [5, 5.41) is 9.18. The first-order chi connectivity index (χ1) is 13.6. The van der Waals surface area contributed by atoms with E-state index in [9.17, 15) is 9.59 Å². The van der Waals surface area contributed by atoms with Gasteiger partial charge in [-0.3, -0.25) is 9.89 Å². The molecule has 1 aromatic heterocycles. The molecule has 0 fully saturated rings. The van der Waals surface area contributed by atoms with Crippen LogP contribution in [0.3, 0.4) is 0 Å². The van der Waals surface area contributed by atoms with Crippen LogP contribution in [-0.4, -0.2) is 22.1 Å². The van der Waals surface area contributed by atoms with Gasteiger partial charge in [-0.15, -0.1) is 0 Å². The Hall–Kier alpha value is -3.93. The minimum Gasteiger partial charge on any atom is -0.456 e. The number of aromatic nitrogens is 2. The number of fused-ring (bicyclic) bond motifs is 1. The number of aromatic amines is 1. The number of primary amides is 1. The van der Waals surface area contributed by atoms with E-state index in [1.165, 1.54) is 0 Å². The van der Waals surface area contributed by atoms with Crippen LogP contribution in [0.4, 0.5) is 0 Å². The maximum atomic E-state index is 12.3. The Morgan fingerprint density at radius 1 is 0.929 bits per heavy atom. The molecular formula is C22H17N3O3. The number of nitrogens with zero attached hydrogens (tertiary/aromatic N) is 1. The number of rotatable bonds is 5. The predicted molar refractivity (Wildman–Crippen MR) is 106 cm³/mol. The number of carbonyl (C=O) groups is 2. The highest BCUT2D eigenvalue weighted by molar-refractivity contribution is 5.93. The summed E-state index contributed by atoms with van der Waals surface area (Å²) in [7, 11) is 0. The van der Waals surface area contributed by atoms with Crippen LogP contribution < -0.4 is 5.73 Å². The van der Waals surface area contributed by atoms with E-state index in [-0.39, 0.29) is 12.3 Å². The van der Waals surface area contributed by atoms with Gasteiger partial charge in [0.05, 0.1) is 5.69 Å². The normalized spacial score (nSPS) is 10.7. The third-order valence-electron chi connectivity index (χ3n) is 4.42. The number of esters is 1. The highest BCUT2D eigenvalue weighted by atomic mass is 16.5. The molecular weight excluding hydrogens is 354 g/mol. The number of carbonyl (C=O) groups excluding carboxylic acids is 2. The largest absolute Gasteiger partial charge is 0.456 e. The number of hydrogen-bond acceptors (Lipinski definition) is 4. The summed E-state index contributed by atoms with van der Waals surface area (Å²) >= 11 is 0. The average Bonchev–Trinajstić information content (AvgIpc) is 3.22. The molecule has 0 saturated heterocycles. The zero-order chi connectivity index (χ0) is 19.5. The molecule has 138 valence electrons. The second-order valence-corrected chi connectivity index (χ2v) is 6.37. The predicted octanol–water partition coefficient (Wildman–Crippen LogP) is 3.69. The lowest BCUT2D eigenvalue weighted by Crippen LogP contribution is -2.11. The van der Waals surface area contributed by atoms with Crippen LogP contribution in [0.25, 0.3) is 22.0 Å². The lowest BCUT2D eigenvalue weighted by molar-refractivity contribution is 0.0465. The van der Waals surface area contributed by atoms with Crippen molar-refractivity contribution in [2.24, 2.45) is 5.73 Å². The van der Waals surface area contributed by atoms with Crippen molar-refractivity contribution in [3.8, 4) is 11.3 Å². The quantitative estimate of drug-likeness (QED) is 0.523. The lowest BCUT2D eigenvalue weighted by atomic mass is 10.1. The van der Waals surface area contributed by atoms with Gasteiger partial charge in [0.15, 0.2) is 0 Å². The molecule has 1 amide bonds. The zero-order valence-corrected chi connectivity index (χ0v) is 14.9. The van der Waals surface area contributed by atoms with Crippen LogP contribution in [0, 0.1) is 0 Å². The molecule has 3 aromatic carbocycles. The van der Waals surface area contributed by atoms with E-state index in [1.807, 2.05) is 42.5 Å². The van der Waals surface area contributed by atoms with E-state index in [0.717, 1.165) is 16.3 Å². The van der Waals surface area contributed by atoms with Gasteiger partial charge in [-0.05, 0) is 40.6 Å². The molecule has 6 heteroatoms. The third-order valence-corrected chi connectivity index (χ3v) is 4.42.